The number of hydrogen-bond acceptors (Lipinski definition) is 6. The molecule has 5 aromatic rings. The zero-order valence-corrected chi connectivity index (χ0v) is 16.8. The molecule has 3 aromatic heterocycles. The number of H-pyrrole nitrogens is 2. The molecule has 0 saturated carbocycles. The molecule has 1 saturated heterocycles. The number of pyridine rings is 1. The van der Waals surface area contributed by atoms with Crippen molar-refractivity contribution in [2.45, 2.75) is 0 Å². The molecule has 3 N–H and O–H groups in total. The zero-order valence-electron chi connectivity index (χ0n) is 16.8. The van der Waals surface area contributed by atoms with E-state index in [1.54, 1.807) is 6.33 Å². The number of hydrogen-bond donors (Lipinski definition) is 3. The number of aromatic amines is 2. The van der Waals surface area contributed by atoms with Crippen LogP contribution in [0.2, 0.25) is 0 Å². The lowest BCUT2D eigenvalue weighted by molar-refractivity contribution is 0.122. The van der Waals surface area contributed by atoms with Gasteiger partial charge in [0, 0.05) is 35.4 Å². The lowest BCUT2D eigenvalue weighted by Crippen LogP contribution is -2.36. The summed E-state index contributed by atoms with van der Waals surface area (Å²) in [6.07, 6.45) is 3.51. The normalized spacial score (nSPS) is 14.4. The summed E-state index contributed by atoms with van der Waals surface area (Å²) >= 11 is 0. The third-order valence-corrected chi connectivity index (χ3v) is 5.65. The lowest BCUT2D eigenvalue weighted by Gasteiger charge is -2.28. The monoisotopic (exact) mass is 411 g/mol. The van der Waals surface area contributed by atoms with Gasteiger partial charge in [0.25, 0.3) is 0 Å². The quantitative estimate of drug-likeness (QED) is 0.412. The Morgan fingerprint density at radius 2 is 1.84 bits per heavy atom. The van der Waals surface area contributed by atoms with Crippen LogP contribution in [-0.2, 0) is 4.74 Å². The molecule has 0 atom stereocenters. The molecule has 1 aliphatic rings. The highest BCUT2D eigenvalue weighted by Crippen LogP contribution is 2.30. The number of rotatable bonds is 4. The molecule has 8 heteroatoms. The molecule has 0 unspecified atom stereocenters. The molecule has 31 heavy (non-hydrogen) atoms. The van der Waals surface area contributed by atoms with Crippen molar-refractivity contribution in [1.82, 2.24) is 25.1 Å². The summed E-state index contributed by atoms with van der Waals surface area (Å²) < 4.78 is 5.45. The number of imidazole rings is 1. The summed E-state index contributed by atoms with van der Waals surface area (Å²) in [5, 5.41) is 11.7. The maximum Gasteiger partial charge on any atom is 0.159 e. The Morgan fingerprint density at radius 1 is 0.968 bits per heavy atom. The second-order valence-corrected chi connectivity index (χ2v) is 7.60. The standard InChI is InChI=1S/C23H21N7O/c1-2-16-13-26-29-20(16)11-15(1)19-12-21-22(25-14-24-21)23(28-19)27-17-3-5-18(6-4-17)30-7-9-31-10-8-30/h1-6,11-14H,7-10H2,(H,24,25)(H,26,29)(H,27,28). The van der Waals surface area contributed by atoms with Crippen LogP contribution in [0, 0.1) is 0 Å². The molecule has 1 fully saturated rings. The number of morpholine rings is 1. The number of nitrogens with one attached hydrogen (secondary N) is 3. The van der Waals surface area contributed by atoms with Gasteiger partial charge in [-0.3, -0.25) is 5.10 Å². The number of benzene rings is 2. The highest BCUT2D eigenvalue weighted by atomic mass is 16.5. The van der Waals surface area contributed by atoms with Crippen molar-refractivity contribution in [2.75, 3.05) is 36.5 Å². The second kappa shape index (κ2) is 7.41. The molecule has 0 aliphatic carbocycles. The Kier molecular flexibility index (Phi) is 4.28. The maximum absolute atomic E-state index is 5.45. The molecule has 0 radical (unpaired) electrons. The smallest absolute Gasteiger partial charge is 0.159 e. The van der Waals surface area contributed by atoms with Gasteiger partial charge in [-0.1, -0.05) is 12.1 Å². The maximum atomic E-state index is 5.45. The first-order valence-corrected chi connectivity index (χ1v) is 10.3. The topological polar surface area (TPSA) is 94.8 Å². The second-order valence-electron chi connectivity index (χ2n) is 7.60. The third kappa shape index (κ3) is 3.36. The number of nitrogens with zero attached hydrogens (tertiary/aromatic N) is 4. The van der Waals surface area contributed by atoms with Crippen LogP contribution in [0.1, 0.15) is 0 Å². The van der Waals surface area contributed by atoms with Crippen molar-refractivity contribution >= 4 is 39.1 Å². The predicted octanol–water partition coefficient (Wildman–Crippen LogP) is 4.08. The van der Waals surface area contributed by atoms with Gasteiger partial charge in [0.15, 0.2) is 5.82 Å². The van der Waals surface area contributed by atoms with Crippen LogP contribution in [0.25, 0.3) is 33.2 Å². The Hall–Kier alpha value is -3.91. The molecule has 154 valence electrons. The Morgan fingerprint density at radius 3 is 2.71 bits per heavy atom. The van der Waals surface area contributed by atoms with Gasteiger partial charge in [-0.15, -0.1) is 0 Å². The summed E-state index contributed by atoms with van der Waals surface area (Å²) in [6.45, 7) is 3.40. The Bertz CT molecular complexity index is 1350. The van der Waals surface area contributed by atoms with E-state index in [0.29, 0.717) is 0 Å². The number of ether oxygens (including phenoxy) is 1. The third-order valence-electron chi connectivity index (χ3n) is 5.65. The molecule has 0 amide bonds. The van der Waals surface area contributed by atoms with Crippen LogP contribution >= 0.6 is 0 Å². The SMILES string of the molecule is c1nc2c(Nc3ccc(N4CCOCC4)cc3)nc(-c3ccc4cn[nH]c4c3)cc2[nH]1. The summed E-state index contributed by atoms with van der Waals surface area (Å²) in [4.78, 5) is 14.9. The average Bonchev–Trinajstić information content (AvgIpc) is 3.49. The molecular weight excluding hydrogens is 390 g/mol. The van der Waals surface area contributed by atoms with Gasteiger partial charge in [-0.25, -0.2) is 9.97 Å². The van der Waals surface area contributed by atoms with Gasteiger partial charge >= 0.3 is 0 Å². The summed E-state index contributed by atoms with van der Waals surface area (Å²) in [6, 6.07) is 16.6. The minimum Gasteiger partial charge on any atom is -0.378 e. The van der Waals surface area contributed by atoms with Gasteiger partial charge in [0.1, 0.15) is 5.52 Å². The van der Waals surface area contributed by atoms with Crippen LogP contribution in [-0.4, -0.2) is 51.5 Å². The lowest BCUT2D eigenvalue weighted by atomic mass is 10.1. The fourth-order valence-corrected chi connectivity index (χ4v) is 3.99. The molecule has 8 nitrogen and oxygen atoms in total. The molecule has 2 aromatic carbocycles. The number of fused-ring (bicyclic) bond motifs is 2. The Balaban J connectivity index is 1.33. The first-order chi connectivity index (χ1) is 15.3. The fourth-order valence-electron chi connectivity index (χ4n) is 3.99. The van der Waals surface area contributed by atoms with Crippen LogP contribution in [0.5, 0.6) is 0 Å². The van der Waals surface area contributed by atoms with Crippen molar-refractivity contribution < 1.29 is 4.74 Å². The van der Waals surface area contributed by atoms with Gasteiger partial charge in [-0.05, 0) is 36.4 Å². The van der Waals surface area contributed by atoms with Crippen LogP contribution in [0.15, 0.2) is 61.1 Å². The van der Waals surface area contributed by atoms with E-state index in [9.17, 15) is 0 Å². The number of anilines is 3. The van der Waals surface area contributed by atoms with Crippen LogP contribution in [0.4, 0.5) is 17.2 Å². The summed E-state index contributed by atoms with van der Waals surface area (Å²) in [5.74, 6) is 0.720. The zero-order chi connectivity index (χ0) is 20.6. The van der Waals surface area contributed by atoms with E-state index in [1.165, 1.54) is 5.69 Å². The van der Waals surface area contributed by atoms with Crippen LogP contribution in [0.3, 0.4) is 0 Å². The van der Waals surface area contributed by atoms with E-state index in [0.717, 1.165) is 71.0 Å². The average molecular weight is 411 g/mol. The van der Waals surface area contributed by atoms with E-state index < -0.39 is 0 Å². The minimum atomic E-state index is 0.720. The van der Waals surface area contributed by atoms with E-state index in [4.69, 9.17) is 9.72 Å². The molecule has 1 aliphatic heterocycles. The largest absolute Gasteiger partial charge is 0.378 e. The van der Waals surface area contributed by atoms with Crippen molar-refractivity contribution in [2.24, 2.45) is 0 Å². The van der Waals surface area contributed by atoms with Gasteiger partial charge in [0.2, 0.25) is 0 Å². The summed E-state index contributed by atoms with van der Waals surface area (Å²) in [7, 11) is 0. The fraction of sp³-hybridized carbons (Fsp3) is 0.174. The molecule has 0 bridgehead atoms. The van der Waals surface area contributed by atoms with E-state index >= 15 is 0 Å². The van der Waals surface area contributed by atoms with Gasteiger partial charge in [-0.2, -0.15) is 5.10 Å². The van der Waals surface area contributed by atoms with E-state index in [1.807, 2.05) is 18.3 Å². The molecule has 6 rings (SSSR count). The summed E-state index contributed by atoms with van der Waals surface area (Å²) in [5.41, 5.74) is 6.77. The predicted molar refractivity (Wildman–Crippen MR) is 122 cm³/mol. The highest BCUT2D eigenvalue weighted by Gasteiger charge is 2.13. The van der Waals surface area contributed by atoms with Crippen molar-refractivity contribution in [3.8, 4) is 11.3 Å². The minimum absolute atomic E-state index is 0.720. The van der Waals surface area contributed by atoms with Crippen molar-refractivity contribution in [3.05, 3.63) is 61.1 Å². The van der Waals surface area contributed by atoms with Gasteiger partial charge in [0.05, 0.1) is 42.5 Å². The first-order valence-electron chi connectivity index (χ1n) is 10.3. The highest BCUT2D eigenvalue weighted by molar-refractivity contribution is 5.92. The van der Waals surface area contributed by atoms with Gasteiger partial charge < -0.3 is 19.9 Å². The first kappa shape index (κ1) is 17.9. The molecule has 4 heterocycles. The molecule has 0 spiro atoms. The number of aromatic nitrogens is 5. The van der Waals surface area contributed by atoms with Crippen molar-refractivity contribution in [3.63, 3.8) is 0 Å². The molecular formula is C23H21N7O. The van der Waals surface area contributed by atoms with Crippen molar-refractivity contribution in [1.29, 1.82) is 0 Å². The van der Waals surface area contributed by atoms with E-state index in [-0.39, 0.29) is 0 Å². The van der Waals surface area contributed by atoms with Crippen LogP contribution < -0.4 is 10.2 Å². The van der Waals surface area contributed by atoms with E-state index in [2.05, 4.69) is 66.8 Å². The Labute approximate surface area is 178 Å².